The lowest BCUT2D eigenvalue weighted by Crippen LogP contribution is -2.13. The van der Waals surface area contributed by atoms with Crippen LogP contribution in [0.15, 0.2) is 18.2 Å². The molecule has 0 saturated carbocycles. The van der Waals surface area contributed by atoms with Crippen molar-refractivity contribution in [2.75, 3.05) is 11.0 Å². The number of para-hydroxylation sites is 1. The van der Waals surface area contributed by atoms with Gasteiger partial charge >= 0.3 is 5.97 Å². The molecule has 1 rings (SSSR count). The Labute approximate surface area is 86.2 Å². The number of carboxylic acids is 1. The Hall–Kier alpha value is -1.76. The van der Waals surface area contributed by atoms with Crippen molar-refractivity contribution in [1.29, 1.82) is 0 Å². The van der Waals surface area contributed by atoms with Crippen molar-refractivity contribution in [2.45, 2.75) is 0 Å². The zero-order valence-electron chi connectivity index (χ0n) is 7.76. The van der Waals surface area contributed by atoms with Crippen LogP contribution in [0.3, 0.4) is 0 Å². The van der Waals surface area contributed by atoms with E-state index in [9.17, 15) is 18.3 Å². The predicted octanol–water partition coefficient (Wildman–Crippen LogP) is 0.462. The van der Waals surface area contributed by atoms with Crippen molar-refractivity contribution in [2.24, 2.45) is 0 Å². The van der Waals surface area contributed by atoms with Crippen LogP contribution in [0.1, 0.15) is 10.4 Å². The topological polar surface area (TPSA) is 104 Å². The van der Waals surface area contributed by atoms with E-state index in [1.807, 2.05) is 4.72 Å². The standard InChI is InChI=1S/C8H9NO5S/c1-15(13,14)9-7-5(8(11)12)3-2-4-6(7)10/h2-4,9-10H,1H3,(H,11,12). The fourth-order valence-electron chi connectivity index (χ4n) is 1.01. The van der Waals surface area contributed by atoms with E-state index in [1.54, 1.807) is 0 Å². The molecule has 0 aromatic heterocycles. The van der Waals surface area contributed by atoms with Gasteiger partial charge in [0.05, 0.1) is 11.8 Å². The molecule has 0 bridgehead atoms. The van der Waals surface area contributed by atoms with Crippen LogP contribution < -0.4 is 4.72 Å². The van der Waals surface area contributed by atoms with Crippen LogP contribution in [0, 0.1) is 0 Å². The molecule has 82 valence electrons. The number of hydrogen-bond donors (Lipinski definition) is 3. The summed E-state index contributed by atoms with van der Waals surface area (Å²) in [6.07, 6.45) is 0.866. The maximum absolute atomic E-state index is 10.9. The average molecular weight is 231 g/mol. The number of aromatic carboxylic acids is 1. The highest BCUT2D eigenvalue weighted by Crippen LogP contribution is 2.27. The molecule has 0 spiro atoms. The maximum atomic E-state index is 10.9. The molecule has 1 aromatic carbocycles. The third kappa shape index (κ3) is 2.84. The Morgan fingerprint density at radius 2 is 2.00 bits per heavy atom. The first-order chi connectivity index (χ1) is 6.81. The summed E-state index contributed by atoms with van der Waals surface area (Å²) in [6.45, 7) is 0. The van der Waals surface area contributed by atoms with Gasteiger partial charge in [-0.1, -0.05) is 6.07 Å². The van der Waals surface area contributed by atoms with E-state index in [4.69, 9.17) is 5.11 Å². The van der Waals surface area contributed by atoms with Crippen LogP contribution in [0.25, 0.3) is 0 Å². The molecule has 0 aliphatic rings. The van der Waals surface area contributed by atoms with Gasteiger partial charge in [0.2, 0.25) is 10.0 Å². The van der Waals surface area contributed by atoms with E-state index < -0.39 is 21.7 Å². The van der Waals surface area contributed by atoms with Crippen LogP contribution in [-0.2, 0) is 10.0 Å². The number of sulfonamides is 1. The Balaban J connectivity index is 3.32. The minimum atomic E-state index is -3.63. The summed E-state index contributed by atoms with van der Waals surface area (Å²) < 4.78 is 23.8. The molecule has 3 N–H and O–H groups in total. The van der Waals surface area contributed by atoms with Gasteiger partial charge in [-0.15, -0.1) is 0 Å². The largest absolute Gasteiger partial charge is 0.506 e. The second kappa shape index (κ2) is 3.77. The maximum Gasteiger partial charge on any atom is 0.337 e. The smallest absolute Gasteiger partial charge is 0.337 e. The van der Waals surface area contributed by atoms with Crippen molar-refractivity contribution in [3.8, 4) is 5.75 Å². The van der Waals surface area contributed by atoms with Crippen LogP contribution in [-0.4, -0.2) is 30.9 Å². The predicted molar refractivity (Wildman–Crippen MR) is 53.5 cm³/mol. The third-order valence-electron chi connectivity index (χ3n) is 1.56. The molecule has 0 amide bonds. The molecular formula is C8H9NO5S. The summed E-state index contributed by atoms with van der Waals surface area (Å²) in [5, 5.41) is 18.1. The number of hydrogen-bond acceptors (Lipinski definition) is 4. The van der Waals surface area contributed by atoms with Gasteiger partial charge in [0.1, 0.15) is 11.4 Å². The molecule has 15 heavy (non-hydrogen) atoms. The van der Waals surface area contributed by atoms with Crippen LogP contribution in [0.4, 0.5) is 5.69 Å². The van der Waals surface area contributed by atoms with Gasteiger partial charge in [-0.2, -0.15) is 0 Å². The molecule has 0 aliphatic carbocycles. The zero-order valence-corrected chi connectivity index (χ0v) is 8.58. The van der Waals surface area contributed by atoms with Crippen LogP contribution in [0.5, 0.6) is 5.75 Å². The van der Waals surface area contributed by atoms with Crippen LogP contribution >= 0.6 is 0 Å². The summed E-state index contributed by atoms with van der Waals surface area (Å²) >= 11 is 0. The van der Waals surface area contributed by atoms with E-state index >= 15 is 0 Å². The molecule has 7 heteroatoms. The lowest BCUT2D eigenvalue weighted by Gasteiger charge is -2.08. The van der Waals surface area contributed by atoms with Crippen molar-refractivity contribution in [1.82, 2.24) is 0 Å². The zero-order chi connectivity index (χ0) is 11.6. The molecule has 0 aliphatic heterocycles. The minimum Gasteiger partial charge on any atom is -0.506 e. The molecule has 1 aromatic rings. The summed E-state index contributed by atoms with van der Waals surface area (Å²) in [4.78, 5) is 10.7. The number of carbonyl (C=O) groups is 1. The van der Waals surface area contributed by atoms with Gasteiger partial charge in [-0.05, 0) is 12.1 Å². The minimum absolute atomic E-state index is 0.305. The lowest BCUT2D eigenvalue weighted by molar-refractivity contribution is 0.0697. The van der Waals surface area contributed by atoms with E-state index in [0.29, 0.717) is 0 Å². The van der Waals surface area contributed by atoms with Gasteiger partial charge < -0.3 is 10.2 Å². The molecule has 0 fully saturated rings. The van der Waals surface area contributed by atoms with E-state index in [2.05, 4.69) is 0 Å². The molecule has 0 heterocycles. The van der Waals surface area contributed by atoms with Crippen molar-refractivity contribution < 1.29 is 23.4 Å². The van der Waals surface area contributed by atoms with Gasteiger partial charge in [0.25, 0.3) is 0 Å². The van der Waals surface area contributed by atoms with Gasteiger partial charge in [-0.3, -0.25) is 4.72 Å². The highest BCUT2D eigenvalue weighted by molar-refractivity contribution is 7.92. The molecule has 0 atom stereocenters. The highest BCUT2D eigenvalue weighted by atomic mass is 32.2. The second-order valence-electron chi connectivity index (χ2n) is 2.88. The third-order valence-corrected chi connectivity index (χ3v) is 2.14. The Kier molecular flexibility index (Phi) is 2.85. The van der Waals surface area contributed by atoms with Gasteiger partial charge in [-0.25, -0.2) is 13.2 Å². The van der Waals surface area contributed by atoms with E-state index in [1.165, 1.54) is 18.2 Å². The van der Waals surface area contributed by atoms with Crippen LogP contribution in [0.2, 0.25) is 0 Å². The number of phenols is 1. The fourth-order valence-corrected chi connectivity index (χ4v) is 1.60. The second-order valence-corrected chi connectivity index (χ2v) is 4.63. The van der Waals surface area contributed by atoms with E-state index in [-0.39, 0.29) is 11.3 Å². The summed E-state index contributed by atoms with van der Waals surface area (Å²) in [5.41, 5.74) is -0.632. The molecule has 0 radical (unpaired) electrons. The van der Waals surface area contributed by atoms with E-state index in [0.717, 1.165) is 6.26 Å². The highest BCUT2D eigenvalue weighted by Gasteiger charge is 2.16. The van der Waals surface area contributed by atoms with Crippen molar-refractivity contribution in [3.05, 3.63) is 23.8 Å². The Bertz CT molecular complexity index is 494. The number of anilines is 1. The van der Waals surface area contributed by atoms with Crippen molar-refractivity contribution >= 4 is 21.7 Å². The molecule has 0 saturated heterocycles. The Morgan fingerprint density at radius 3 is 2.47 bits per heavy atom. The lowest BCUT2D eigenvalue weighted by atomic mass is 10.2. The number of carboxylic acid groups (broad SMARTS) is 1. The average Bonchev–Trinajstić information content (AvgIpc) is 2.05. The summed E-state index contributed by atoms with van der Waals surface area (Å²) in [5.74, 6) is -1.75. The normalized spacial score (nSPS) is 11.0. The van der Waals surface area contributed by atoms with Gasteiger partial charge in [0.15, 0.2) is 0 Å². The van der Waals surface area contributed by atoms with Crippen molar-refractivity contribution in [3.63, 3.8) is 0 Å². The summed E-state index contributed by atoms with van der Waals surface area (Å²) in [7, 11) is -3.63. The monoisotopic (exact) mass is 231 g/mol. The SMILES string of the molecule is CS(=O)(=O)Nc1c(O)cccc1C(=O)O. The molecule has 6 nitrogen and oxygen atoms in total. The molecular weight excluding hydrogens is 222 g/mol. The first-order valence-electron chi connectivity index (χ1n) is 3.84. The summed E-state index contributed by atoms with van der Waals surface area (Å²) in [6, 6.07) is 3.70. The quantitative estimate of drug-likeness (QED) is 0.656. The fraction of sp³-hybridized carbons (Fsp3) is 0.125. The first kappa shape index (κ1) is 11.3. The number of phenolic OH excluding ortho intramolecular Hbond substituents is 1. The molecule has 0 unspecified atom stereocenters. The number of aromatic hydroxyl groups is 1. The number of nitrogens with one attached hydrogen (secondary N) is 1. The first-order valence-corrected chi connectivity index (χ1v) is 5.73. The number of benzene rings is 1. The number of rotatable bonds is 3. The van der Waals surface area contributed by atoms with Gasteiger partial charge in [0, 0.05) is 0 Å². The Morgan fingerprint density at radius 1 is 1.40 bits per heavy atom.